The fourth-order valence-electron chi connectivity index (χ4n) is 1.13. The number of rotatable bonds is 1. The average molecular weight is 253 g/mol. The van der Waals surface area contributed by atoms with Crippen molar-refractivity contribution in [3.8, 4) is 0 Å². The fourth-order valence-corrected chi connectivity index (χ4v) is 1.60. The van der Waals surface area contributed by atoms with Gasteiger partial charge < -0.3 is 5.11 Å². The molecule has 2 aromatic rings. The van der Waals surface area contributed by atoms with E-state index in [1.54, 1.807) is 6.07 Å². The number of hydrogen-bond acceptors (Lipinski definition) is 3. The highest BCUT2D eigenvalue weighted by molar-refractivity contribution is 9.10. The van der Waals surface area contributed by atoms with E-state index in [1.165, 1.54) is 6.07 Å². The zero-order valence-corrected chi connectivity index (χ0v) is 8.52. The SMILES string of the molecule is O=C(O)c1cc2c(Br)cccc2nn1. The van der Waals surface area contributed by atoms with Gasteiger partial charge in [0.15, 0.2) is 5.69 Å². The van der Waals surface area contributed by atoms with Gasteiger partial charge in [-0.3, -0.25) is 0 Å². The smallest absolute Gasteiger partial charge is 0.356 e. The summed E-state index contributed by atoms with van der Waals surface area (Å²) in [4.78, 5) is 10.6. The van der Waals surface area contributed by atoms with Crippen LogP contribution in [0.1, 0.15) is 10.5 Å². The van der Waals surface area contributed by atoms with E-state index < -0.39 is 5.97 Å². The standard InChI is InChI=1S/C9H5BrN2O2/c10-6-2-1-3-7-5(6)4-8(9(13)14)12-11-7/h1-4H,(H,13,14). The summed E-state index contributed by atoms with van der Waals surface area (Å²) in [5, 5.41) is 16.8. The summed E-state index contributed by atoms with van der Waals surface area (Å²) in [6.45, 7) is 0. The molecule has 0 unspecified atom stereocenters. The van der Waals surface area contributed by atoms with Crippen LogP contribution < -0.4 is 0 Å². The fraction of sp³-hybridized carbons (Fsp3) is 0. The molecule has 1 aromatic heterocycles. The van der Waals surface area contributed by atoms with Crippen molar-refractivity contribution in [1.29, 1.82) is 0 Å². The molecule has 0 saturated carbocycles. The molecule has 4 nitrogen and oxygen atoms in total. The summed E-state index contributed by atoms with van der Waals surface area (Å²) in [7, 11) is 0. The Morgan fingerprint density at radius 2 is 2.14 bits per heavy atom. The molecule has 0 fully saturated rings. The van der Waals surface area contributed by atoms with Crippen LogP contribution in [0.4, 0.5) is 0 Å². The number of carboxylic acids is 1. The van der Waals surface area contributed by atoms with Crippen molar-refractivity contribution >= 4 is 32.8 Å². The van der Waals surface area contributed by atoms with E-state index in [0.29, 0.717) is 5.52 Å². The minimum atomic E-state index is -1.07. The van der Waals surface area contributed by atoms with E-state index in [9.17, 15) is 4.79 Å². The number of halogens is 1. The zero-order chi connectivity index (χ0) is 10.1. The first kappa shape index (κ1) is 9.08. The quantitative estimate of drug-likeness (QED) is 0.845. The maximum Gasteiger partial charge on any atom is 0.356 e. The molecule has 0 amide bonds. The molecule has 0 aliphatic heterocycles. The van der Waals surface area contributed by atoms with Gasteiger partial charge in [0, 0.05) is 9.86 Å². The summed E-state index contributed by atoms with van der Waals surface area (Å²) in [6.07, 6.45) is 0. The highest BCUT2D eigenvalue weighted by Gasteiger charge is 2.07. The van der Waals surface area contributed by atoms with Gasteiger partial charge in [-0.05, 0) is 18.2 Å². The maximum atomic E-state index is 10.6. The first-order chi connectivity index (χ1) is 6.68. The van der Waals surface area contributed by atoms with E-state index in [4.69, 9.17) is 5.11 Å². The summed E-state index contributed by atoms with van der Waals surface area (Å²) in [5.74, 6) is -1.07. The van der Waals surface area contributed by atoms with Gasteiger partial charge in [0.05, 0.1) is 5.52 Å². The molecule has 1 heterocycles. The van der Waals surface area contributed by atoms with E-state index in [1.807, 2.05) is 12.1 Å². The van der Waals surface area contributed by atoms with Crippen LogP contribution >= 0.6 is 15.9 Å². The number of benzene rings is 1. The average Bonchev–Trinajstić information content (AvgIpc) is 2.18. The van der Waals surface area contributed by atoms with Crippen LogP contribution in [0, 0.1) is 0 Å². The van der Waals surface area contributed by atoms with Gasteiger partial charge in [0.1, 0.15) is 0 Å². The lowest BCUT2D eigenvalue weighted by molar-refractivity contribution is 0.0689. The Balaban J connectivity index is 2.76. The van der Waals surface area contributed by atoms with Crippen LogP contribution in [0.25, 0.3) is 10.9 Å². The molecule has 2 rings (SSSR count). The molecule has 1 aromatic carbocycles. The third-order valence-electron chi connectivity index (χ3n) is 1.80. The van der Waals surface area contributed by atoms with Crippen LogP contribution in [-0.2, 0) is 0 Å². The van der Waals surface area contributed by atoms with Gasteiger partial charge in [-0.1, -0.05) is 22.0 Å². The lowest BCUT2D eigenvalue weighted by Crippen LogP contribution is -2.01. The predicted octanol–water partition coefficient (Wildman–Crippen LogP) is 2.09. The van der Waals surface area contributed by atoms with E-state index in [0.717, 1.165) is 9.86 Å². The normalized spacial score (nSPS) is 10.4. The first-order valence-electron chi connectivity index (χ1n) is 3.84. The highest BCUT2D eigenvalue weighted by Crippen LogP contribution is 2.21. The van der Waals surface area contributed by atoms with Crippen molar-refractivity contribution in [1.82, 2.24) is 10.2 Å². The molecule has 0 saturated heterocycles. The lowest BCUT2D eigenvalue weighted by atomic mass is 10.2. The third-order valence-corrected chi connectivity index (χ3v) is 2.49. The summed E-state index contributed by atoms with van der Waals surface area (Å²) < 4.78 is 0.812. The van der Waals surface area contributed by atoms with Gasteiger partial charge in [0.25, 0.3) is 0 Å². The molecule has 5 heteroatoms. The van der Waals surface area contributed by atoms with Gasteiger partial charge >= 0.3 is 5.97 Å². The molecule has 0 aliphatic carbocycles. The molecule has 0 aliphatic rings. The molecule has 1 N–H and O–H groups in total. The Hall–Kier alpha value is -1.49. The molecule has 0 radical (unpaired) electrons. The lowest BCUT2D eigenvalue weighted by Gasteiger charge is -1.99. The number of carboxylic acid groups (broad SMARTS) is 1. The topological polar surface area (TPSA) is 63.1 Å². The van der Waals surface area contributed by atoms with Crippen LogP contribution in [-0.4, -0.2) is 21.3 Å². The Morgan fingerprint density at radius 1 is 1.36 bits per heavy atom. The van der Waals surface area contributed by atoms with Crippen molar-refractivity contribution in [2.24, 2.45) is 0 Å². The van der Waals surface area contributed by atoms with Gasteiger partial charge in [-0.2, -0.15) is 0 Å². The monoisotopic (exact) mass is 252 g/mol. The number of hydrogen-bond donors (Lipinski definition) is 1. The Labute approximate surface area is 87.7 Å². The second-order valence-corrected chi connectivity index (χ2v) is 3.56. The Morgan fingerprint density at radius 3 is 2.86 bits per heavy atom. The van der Waals surface area contributed by atoms with Gasteiger partial charge in [0.2, 0.25) is 0 Å². The number of carbonyl (C=O) groups is 1. The van der Waals surface area contributed by atoms with Crippen LogP contribution in [0.2, 0.25) is 0 Å². The Bertz CT molecular complexity index is 513. The van der Waals surface area contributed by atoms with E-state index in [2.05, 4.69) is 26.1 Å². The number of aromatic nitrogens is 2. The number of fused-ring (bicyclic) bond motifs is 1. The van der Waals surface area contributed by atoms with Crippen molar-refractivity contribution in [2.45, 2.75) is 0 Å². The first-order valence-corrected chi connectivity index (χ1v) is 4.63. The summed E-state index contributed by atoms with van der Waals surface area (Å²) in [5.41, 5.74) is 0.619. The second kappa shape index (κ2) is 3.34. The largest absolute Gasteiger partial charge is 0.476 e. The zero-order valence-electron chi connectivity index (χ0n) is 6.94. The van der Waals surface area contributed by atoms with Crippen LogP contribution in [0.3, 0.4) is 0 Å². The van der Waals surface area contributed by atoms with Crippen molar-refractivity contribution in [2.75, 3.05) is 0 Å². The molecular formula is C9H5BrN2O2. The second-order valence-electron chi connectivity index (χ2n) is 2.71. The summed E-state index contributed by atoms with van der Waals surface area (Å²) >= 11 is 3.32. The molecular weight excluding hydrogens is 248 g/mol. The predicted molar refractivity (Wildman–Crippen MR) is 54.2 cm³/mol. The van der Waals surface area contributed by atoms with Crippen LogP contribution in [0.15, 0.2) is 28.7 Å². The van der Waals surface area contributed by atoms with Crippen LogP contribution in [0.5, 0.6) is 0 Å². The third kappa shape index (κ3) is 1.46. The van der Waals surface area contributed by atoms with E-state index >= 15 is 0 Å². The maximum absolute atomic E-state index is 10.6. The minimum absolute atomic E-state index is 0.0515. The minimum Gasteiger partial charge on any atom is -0.476 e. The van der Waals surface area contributed by atoms with Gasteiger partial charge in [-0.25, -0.2) is 4.79 Å². The molecule has 0 bridgehead atoms. The van der Waals surface area contributed by atoms with Crippen molar-refractivity contribution in [3.63, 3.8) is 0 Å². The highest BCUT2D eigenvalue weighted by atomic mass is 79.9. The van der Waals surface area contributed by atoms with Gasteiger partial charge in [-0.15, -0.1) is 10.2 Å². The van der Waals surface area contributed by atoms with E-state index in [-0.39, 0.29) is 5.69 Å². The molecule has 0 spiro atoms. The van der Waals surface area contributed by atoms with Crippen molar-refractivity contribution < 1.29 is 9.90 Å². The summed E-state index contributed by atoms with van der Waals surface area (Å²) in [6, 6.07) is 6.92. The number of nitrogens with zero attached hydrogens (tertiary/aromatic N) is 2. The molecule has 14 heavy (non-hydrogen) atoms. The molecule has 70 valence electrons. The van der Waals surface area contributed by atoms with Crippen molar-refractivity contribution in [3.05, 3.63) is 34.4 Å². The number of aromatic carboxylic acids is 1. The Kier molecular flexibility index (Phi) is 2.17. The molecule has 0 atom stereocenters.